The number of hydrogen-bond donors (Lipinski definition) is 0. The second-order valence-corrected chi connectivity index (χ2v) is 8.37. The van der Waals surface area contributed by atoms with Crippen molar-refractivity contribution in [3.63, 3.8) is 0 Å². The van der Waals surface area contributed by atoms with Crippen LogP contribution in [0.3, 0.4) is 0 Å². The summed E-state index contributed by atoms with van der Waals surface area (Å²) >= 11 is 0. The van der Waals surface area contributed by atoms with Gasteiger partial charge in [0.15, 0.2) is 11.6 Å². The minimum absolute atomic E-state index is 0.0965. The molecule has 0 unspecified atom stereocenters. The molecule has 0 aromatic heterocycles. The Morgan fingerprint density at radius 3 is 2.75 bits per heavy atom. The number of nitrogens with zero attached hydrogens (tertiary/aromatic N) is 2. The average Bonchev–Trinajstić information content (AvgIpc) is 3.06. The van der Waals surface area contributed by atoms with Crippen LogP contribution in [0, 0.1) is 11.7 Å². The number of fused-ring (bicyclic) bond motifs is 1. The van der Waals surface area contributed by atoms with Crippen molar-refractivity contribution in [3.05, 3.63) is 29.6 Å². The Kier molecular flexibility index (Phi) is 4.52. The fourth-order valence-electron chi connectivity index (χ4n) is 3.64. The molecule has 1 aromatic rings. The smallest absolute Gasteiger partial charge is 0.227 e. The minimum atomic E-state index is -3.25. The Hall–Kier alpha value is -1.67. The first kappa shape index (κ1) is 17.2. The molecule has 2 aliphatic rings. The molecule has 2 aliphatic heterocycles. The summed E-state index contributed by atoms with van der Waals surface area (Å²) in [5.41, 5.74) is 0.579. The molecule has 0 aliphatic carbocycles. The molecule has 24 heavy (non-hydrogen) atoms. The first-order valence-electron chi connectivity index (χ1n) is 7.86. The molecule has 0 N–H and O–H groups in total. The molecule has 8 heteroatoms. The zero-order chi connectivity index (χ0) is 17.5. The van der Waals surface area contributed by atoms with Crippen LogP contribution in [0.5, 0.6) is 5.75 Å². The Bertz CT molecular complexity index is 752. The van der Waals surface area contributed by atoms with E-state index in [9.17, 15) is 17.6 Å². The van der Waals surface area contributed by atoms with Crippen LogP contribution in [0.25, 0.3) is 0 Å². The molecular weight excluding hydrogens is 335 g/mol. The van der Waals surface area contributed by atoms with E-state index in [1.165, 1.54) is 29.8 Å². The molecule has 2 saturated heterocycles. The SMILES string of the molecule is COc1ccc(CC(=O)N2C[C@H]3CCN(S(C)(=O)=O)[C@H]3C2)cc1F. The zero-order valence-electron chi connectivity index (χ0n) is 13.7. The van der Waals surface area contributed by atoms with E-state index in [2.05, 4.69) is 0 Å². The van der Waals surface area contributed by atoms with Crippen LogP contribution in [-0.2, 0) is 21.2 Å². The predicted molar refractivity (Wildman–Crippen MR) is 86.7 cm³/mol. The average molecular weight is 356 g/mol. The predicted octanol–water partition coefficient (Wildman–Crippen LogP) is 0.869. The van der Waals surface area contributed by atoms with Gasteiger partial charge in [0.25, 0.3) is 0 Å². The van der Waals surface area contributed by atoms with Crippen molar-refractivity contribution in [2.45, 2.75) is 18.9 Å². The summed E-state index contributed by atoms with van der Waals surface area (Å²) in [5, 5.41) is 0. The molecule has 132 valence electrons. The van der Waals surface area contributed by atoms with Crippen molar-refractivity contribution in [1.29, 1.82) is 0 Å². The van der Waals surface area contributed by atoms with Gasteiger partial charge >= 0.3 is 0 Å². The van der Waals surface area contributed by atoms with E-state index in [4.69, 9.17) is 4.74 Å². The zero-order valence-corrected chi connectivity index (χ0v) is 14.6. The van der Waals surface area contributed by atoms with E-state index in [-0.39, 0.29) is 30.0 Å². The Morgan fingerprint density at radius 1 is 1.38 bits per heavy atom. The third kappa shape index (κ3) is 3.25. The highest BCUT2D eigenvalue weighted by atomic mass is 32.2. The molecule has 0 bridgehead atoms. The van der Waals surface area contributed by atoms with Gasteiger partial charge in [-0.05, 0) is 30.0 Å². The number of sulfonamides is 1. The van der Waals surface area contributed by atoms with Gasteiger partial charge in [-0.2, -0.15) is 4.31 Å². The van der Waals surface area contributed by atoms with Crippen LogP contribution in [0.2, 0.25) is 0 Å². The summed E-state index contributed by atoms with van der Waals surface area (Å²) < 4.78 is 43.7. The van der Waals surface area contributed by atoms with Gasteiger partial charge in [-0.1, -0.05) is 6.07 Å². The molecule has 1 aromatic carbocycles. The fourth-order valence-corrected chi connectivity index (χ4v) is 4.81. The molecule has 3 rings (SSSR count). The maximum absolute atomic E-state index is 13.7. The van der Waals surface area contributed by atoms with E-state index >= 15 is 0 Å². The number of amides is 1. The van der Waals surface area contributed by atoms with Crippen molar-refractivity contribution in [1.82, 2.24) is 9.21 Å². The lowest BCUT2D eigenvalue weighted by Crippen LogP contribution is -2.40. The Labute approximate surface area is 141 Å². The third-order valence-corrected chi connectivity index (χ3v) is 6.15. The summed E-state index contributed by atoms with van der Waals surface area (Å²) in [6.07, 6.45) is 2.08. The lowest BCUT2D eigenvalue weighted by molar-refractivity contribution is -0.129. The number of benzene rings is 1. The fraction of sp³-hybridized carbons (Fsp3) is 0.562. The minimum Gasteiger partial charge on any atom is -0.494 e. The maximum atomic E-state index is 13.7. The molecule has 0 spiro atoms. The van der Waals surface area contributed by atoms with Crippen LogP contribution in [0.15, 0.2) is 18.2 Å². The number of carbonyl (C=O) groups excluding carboxylic acids is 1. The largest absolute Gasteiger partial charge is 0.494 e. The number of ether oxygens (including phenoxy) is 1. The van der Waals surface area contributed by atoms with Crippen molar-refractivity contribution in [2.75, 3.05) is 33.0 Å². The molecule has 2 heterocycles. The summed E-state index contributed by atoms with van der Waals surface area (Å²) in [5.74, 6) is -0.270. The third-order valence-electron chi connectivity index (χ3n) is 4.85. The number of likely N-dealkylation sites (tertiary alicyclic amines) is 1. The van der Waals surface area contributed by atoms with Crippen molar-refractivity contribution < 1.29 is 22.3 Å². The number of halogens is 1. The number of hydrogen-bond acceptors (Lipinski definition) is 4. The lowest BCUT2D eigenvalue weighted by Gasteiger charge is -2.22. The van der Waals surface area contributed by atoms with E-state index < -0.39 is 15.8 Å². The first-order chi connectivity index (χ1) is 11.3. The second-order valence-electron chi connectivity index (χ2n) is 6.43. The number of methoxy groups -OCH3 is 1. The van der Waals surface area contributed by atoms with Crippen LogP contribution >= 0.6 is 0 Å². The summed E-state index contributed by atoms with van der Waals surface area (Å²) in [6.45, 7) is 1.50. The van der Waals surface area contributed by atoms with Crippen LogP contribution < -0.4 is 4.74 Å². The van der Waals surface area contributed by atoms with Gasteiger partial charge < -0.3 is 9.64 Å². The molecule has 2 atom stereocenters. The molecule has 1 amide bonds. The van der Waals surface area contributed by atoms with Gasteiger partial charge in [0, 0.05) is 25.7 Å². The second kappa shape index (κ2) is 6.33. The van der Waals surface area contributed by atoms with Crippen molar-refractivity contribution in [2.24, 2.45) is 5.92 Å². The molecule has 0 radical (unpaired) electrons. The topological polar surface area (TPSA) is 66.9 Å². The van der Waals surface area contributed by atoms with Crippen molar-refractivity contribution >= 4 is 15.9 Å². The van der Waals surface area contributed by atoms with Crippen LogP contribution in [0.4, 0.5) is 4.39 Å². The van der Waals surface area contributed by atoms with Crippen LogP contribution in [-0.4, -0.2) is 62.6 Å². The highest BCUT2D eigenvalue weighted by molar-refractivity contribution is 7.88. The van der Waals surface area contributed by atoms with E-state index in [0.717, 1.165) is 6.42 Å². The standard InChI is InChI=1S/C16H21FN2O4S/c1-23-15-4-3-11(7-13(15)17)8-16(20)18-9-12-5-6-19(14(12)10-18)24(2,21)22/h3-4,7,12,14H,5-6,8-10H2,1-2H3/t12-,14+/m1/s1. The van der Waals surface area contributed by atoms with E-state index in [1.807, 2.05) is 0 Å². The van der Waals surface area contributed by atoms with Gasteiger partial charge in [-0.3, -0.25) is 4.79 Å². The number of rotatable bonds is 4. The molecular formula is C16H21FN2O4S. The highest BCUT2D eigenvalue weighted by Gasteiger charge is 2.45. The lowest BCUT2D eigenvalue weighted by atomic mass is 10.1. The van der Waals surface area contributed by atoms with E-state index in [1.54, 1.807) is 11.0 Å². The highest BCUT2D eigenvalue weighted by Crippen LogP contribution is 2.33. The van der Waals surface area contributed by atoms with Gasteiger partial charge in [0.2, 0.25) is 15.9 Å². The Balaban J connectivity index is 1.66. The molecule has 6 nitrogen and oxygen atoms in total. The Morgan fingerprint density at radius 2 is 2.12 bits per heavy atom. The quantitative estimate of drug-likeness (QED) is 0.803. The van der Waals surface area contributed by atoms with Crippen LogP contribution in [0.1, 0.15) is 12.0 Å². The maximum Gasteiger partial charge on any atom is 0.227 e. The van der Waals surface area contributed by atoms with Gasteiger partial charge in [0.05, 0.1) is 19.8 Å². The summed E-state index contributed by atoms with van der Waals surface area (Å²) in [4.78, 5) is 14.2. The van der Waals surface area contributed by atoms with Crippen molar-refractivity contribution in [3.8, 4) is 5.75 Å². The summed E-state index contributed by atoms with van der Waals surface area (Å²) in [7, 11) is -1.86. The normalized spacial score (nSPS) is 24.2. The van der Waals surface area contributed by atoms with Gasteiger partial charge in [-0.15, -0.1) is 0 Å². The van der Waals surface area contributed by atoms with E-state index in [0.29, 0.717) is 25.2 Å². The first-order valence-corrected chi connectivity index (χ1v) is 9.71. The monoisotopic (exact) mass is 356 g/mol. The number of carbonyl (C=O) groups is 1. The summed E-state index contributed by atoms with van der Waals surface area (Å²) in [6, 6.07) is 4.34. The molecule has 2 fully saturated rings. The molecule has 0 saturated carbocycles. The van der Waals surface area contributed by atoms with Gasteiger partial charge in [-0.25, -0.2) is 12.8 Å². The van der Waals surface area contributed by atoms with Gasteiger partial charge in [0.1, 0.15) is 0 Å².